The van der Waals surface area contributed by atoms with Gasteiger partial charge in [0, 0.05) is 12.6 Å². The first-order valence-corrected chi connectivity index (χ1v) is 8.94. The molecule has 19 heavy (non-hydrogen) atoms. The Labute approximate surface area is 118 Å². The smallest absolute Gasteiger partial charge is 0.211 e. The minimum Gasteiger partial charge on any atom is -0.300 e. The molecule has 0 radical (unpaired) electrons. The number of hydrogen-bond donors (Lipinski definition) is 1. The van der Waals surface area contributed by atoms with Gasteiger partial charge in [-0.1, -0.05) is 25.0 Å². The molecule has 1 rings (SSSR count). The summed E-state index contributed by atoms with van der Waals surface area (Å²) >= 11 is 0. The molecule has 0 bridgehead atoms. The SMILES string of the molecule is CCCCS(=O)(=O)NC1CCN(CC=C(C)C)CC1. The van der Waals surface area contributed by atoms with Gasteiger partial charge in [0.2, 0.25) is 10.0 Å². The van der Waals surface area contributed by atoms with Crippen molar-refractivity contribution in [3.8, 4) is 0 Å². The first-order chi connectivity index (χ1) is 8.93. The van der Waals surface area contributed by atoms with Crippen LogP contribution in [0.5, 0.6) is 0 Å². The highest BCUT2D eigenvalue weighted by Crippen LogP contribution is 2.12. The Morgan fingerprint density at radius 2 is 1.95 bits per heavy atom. The molecule has 1 aliphatic rings. The van der Waals surface area contributed by atoms with E-state index in [1.54, 1.807) is 0 Å². The molecule has 0 aromatic carbocycles. The van der Waals surface area contributed by atoms with E-state index in [2.05, 4.69) is 29.5 Å². The van der Waals surface area contributed by atoms with Gasteiger partial charge < -0.3 is 0 Å². The third-order valence-corrected chi connectivity index (χ3v) is 4.98. The van der Waals surface area contributed by atoms with Gasteiger partial charge in [-0.15, -0.1) is 0 Å². The van der Waals surface area contributed by atoms with Crippen molar-refractivity contribution in [1.29, 1.82) is 0 Å². The van der Waals surface area contributed by atoms with Crippen LogP contribution in [0.4, 0.5) is 0 Å². The molecule has 0 aromatic rings. The predicted octanol–water partition coefficient (Wildman–Crippen LogP) is 2.14. The van der Waals surface area contributed by atoms with E-state index in [9.17, 15) is 8.42 Å². The summed E-state index contributed by atoms with van der Waals surface area (Å²) < 4.78 is 26.5. The fourth-order valence-corrected chi connectivity index (χ4v) is 3.72. The lowest BCUT2D eigenvalue weighted by atomic mass is 10.1. The summed E-state index contributed by atoms with van der Waals surface area (Å²) in [4.78, 5) is 2.38. The molecule has 112 valence electrons. The van der Waals surface area contributed by atoms with Crippen molar-refractivity contribution in [2.45, 2.75) is 52.5 Å². The van der Waals surface area contributed by atoms with Crippen molar-refractivity contribution in [2.75, 3.05) is 25.4 Å². The lowest BCUT2D eigenvalue weighted by Crippen LogP contribution is -2.45. The summed E-state index contributed by atoms with van der Waals surface area (Å²) in [5, 5.41) is 0. The van der Waals surface area contributed by atoms with E-state index >= 15 is 0 Å². The number of nitrogens with one attached hydrogen (secondary N) is 1. The molecule has 5 heteroatoms. The van der Waals surface area contributed by atoms with Crippen LogP contribution in [0.2, 0.25) is 0 Å². The summed E-state index contributed by atoms with van der Waals surface area (Å²) in [6.07, 6.45) is 5.73. The predicted molar refractivity (Wildman–Crippen MR) is 80.7 cm³/mol. The number of hydrogen-bond acceptors (Lipinski definition) is 3. The maximum Gasteiger partial charge on any atom is 0.211 e. The third-order valence-electron chi connectivity index (χ3n) is 3.46. The molecule has 1 N–H and O–H groups in total. The van der Waals surface area contributed by atoms with Gasteiger partial charge in [0.15, 0.2) is 0 Å². The molecule has 4 nitrogen and oxygen atoms in total. The quantitative estimate of drug-likeness (QED) is 0.730. The lowest BCUT2D eigenvalue weighted by Gasteiger charge is -2.31. The van der Waals surface area contributed by atoms with E-state index in [4.69, 9.17) is 0 Å². The molecule has 0 unspecified atom stereocenters. The molecule has 0 saturated carbocycles. The largest absolute Gasteiger partial charge is 0.300 e. The third kappa shape index (κ3) is 7.09. The maximum absolute atomic E-state index is 11.8. The van der Waals surface area contributed by atoms with Gasteiger partial charge >= 0.3 is 0 Å². The van der Waals surface area contributed by atoms with Gasteiger partial charge in [-0.2, -0.15) is 0 Å². The zero-order chi connectivity index (χ0) is 14.3. The summed E-state index contributed by atoms with van der Waals surface area (Å²) in [5.74, 6) is 0.265. The number of likely N-dealkylation sites (tertiary alicyclic amines) is 1. The van der Waals surface area contributed by atoms with Gasteiger partial charge in [0.25, 0.3) is 0 Å². The average Bonchev–Trinajstić information content (AvgIpc) is 2.35. The zero-order valence-electron chi connectivity index (χ0n) is 12.5. The fraction of sp³-hybridized carbons (Fsp3) is 0.857. The van der Waals surface area contributed by atoms with E-state index < -0.39 is 10.0 Å². The Morgan fingerprint density at radius 3 is 2.47 bits per heavy atom. The normalized spacial score (nSPS) is 18.5. The molecule has 1 fully saturated rings. The van der Waals surface area contributed by atoms with Crippen LogP contribution >= 0.6 is 0 Å². The number of rotatable bonds is 7. The second-order valence-electron chi connectivity index (χ2n) is 5.65. The van der Waals surface area contributed by atoms with Crippen molar-refractivity contribution in [3.63, 3.8) is 0 Å². The first-order valence-electron chi connectivity index (χ1n) is 7.28. The van der Waals surface area contributed by atoms with E-state index in [1.807, 2.05) is 6.92 Å². The molecule has 1 aliphatic heterocycles. The van der Waals surface area contributed by atoms with Gasteiger partial charge in [0.1, 0.15) is 0 Å². The number of sulfonamides is 1. The van der Waals surface area contributed by atoms with Gasteiger partial charge in [-0.3, -0.25) is 4.90 Å². The molecule has 0 aliphatic carbocycles. The fourth-order valence-electron chi connectivity index (χ4n) is 2.19. The van der Waals surface area contributed by atoms with Crippen molar-refractivity contribution in [2.24, 2.45) is 0 Å². The topological polar surface area (TPSA) is 49.4 Å². The molecular formula is C14H28N2O2S. The summed E-state index contributed by atoms with van der Waals surface area (Å²) in [6.45, 7) is 9.16. The molecule has 1 saturated heterocycles. The van der Waals surface area contributed by atoms with Gasteiger partial charge in [-0.25, -0.2) is 13.1 Å². The molecule has 0 atom stereocenters. The highest BCUT2D eigenvalue weighted by atomic mass is 32.2. The molecule has 0 spiro atoms. The Kier molecular flexibility index (Phi) is 7.04. The number of nitrogens with zero attached hydrogens (tertiary/aromatic N) is 1. The van der Waals surface area contributed by atoms with Crippen molar-refractivity contribution < 1.29 is 8.42 Å². The second-order valence-corrected chi connectivity index (χ2v) is 7.52. The first kappa shape index (κ1) is 16.7. The van der Waals surface area contributed by atoms with Crippen LogP contribution in [-0.4, -0.2) is 44.7 Å². The average molecular weight is 288 g/mol. The highest BCUT2D eigenvalue weighted by Gasteiger charge is 2.22. The zero-order valence-corrected chi connectivity index (χ0v) is 13.3. The number of allylic oxidation sites excluding steroid dienone is 1. The molecule has 0 amide bonds. The Hall–Kier alpha value is -0.390. The molecule has 1 heterocycles. The standard InChI is InChI=1S/C14H28N2O2S/c1-4-5-12-19(17,18)15-14-7-10-16(11-8-14)9-6-13(2)3/h6,14-15H,4-5,7-12H2,1-3H3. The van der Waals surface area contributed by atoms with Gasteiger partial charge in [-0.05, 0) is 46.2 Å². The van der Waals surface area contributed by atoms with Crippen LogP contribution in [0.15, 0.2) is 11.6 Å². The second kappa shape index (κ2) is 8.02. The summed E-state index contributed by atoms with van der Waals surface area (Å²) in [6, 6.07) is 0.129. The van der Waals surface area contributed by atoms with E-state index in [0.29, 0.717) is 0 Å². The Morgan fingerprint density at radius 1 is 1.32 bits per heavy atom. The monoisotopic (exact) mass is 288 g/mol. The Bertz CT molecular complexity index is 378. The van der Waals surface area contributed by atoms with Crippen molar-refractivity contribution >= 4 is 10.0 Å². The minimum absolute atomic E-state index is 0.129. The molecule has 0 aromatic heterocycles. The van der Waals surface area contributed by atoms with Crippen LogP contribution in [0, 0.1) is 0 Å². The molecular weight excluding hydrogens is 260 g/mol. The van der Waals surface area contributed by atoms with Gasteiger partial charge in [0.05, 0.1) is 5.75 Å². The highest BCUT2D eigenvalue weighted by molar-refractivity contribution is 7.89. The van der Waals surface area contributed by atoms with Crippen LogP contribution in [0.1, 0.15) is 46.5 Å². The summed E-state index contributed by atoms with van der Waals surface area (Å²) in [5.41, 5.74) is 1.34. The minimum atomic E-state index is -3.07. The van der Waals surface area contributed by atoms with Crippen molar-refractivity contribution in [1.82, 2.24) is 9.62 Å². The van der Waals surface area contributed by atoms with Crippen LogP contribution in [0.25, 0.3) is 0 Å². The van der Waals surface area contributed by atoms with Crippen LogP contribution in [0.3, 0.4) is 0 Å². The van der Waals surface area contributed by atoms with Crippen LogP contribution < -0.4 is 4.72 Å². The Balaban J connectivity index is 2.32. The number of unbranched alkanes of at least 4 members (excludes halogenated alkanes) is 1. The summed E-state index contributed by atoms with van der Waals surface area (Å²) in [7, 11) is -3.07. The lowest BCUT2D eigenvalue weighted by molar-refractivity contribution is 0.226. The number of piperidine rings is 1. The van der Waals surface area contributed by atoms with E-state index in [-0.39, 0.29) is 11.8 Å². The van der Waals surface area contributed by atoms with Crippen LogP contribution in [-0.2, 0) is 10.0 Å². The van der Waals surface area contributed by atoms with E-state index in [0.717, 1.165) is 45.3 Å². The maximum atomic E-state index is 11.8. The van der Waals surface area contributed by atoms with E-state index in [1.165, 1.54) is 5.57 Å². The van der Waals surface area contributed by atoms with Crippen molar-refractivity contribution in [3.05, 3.63) is 11.6 Å².